The molecule has 0 spiro atoms. The van der Waals surface area contributed by atoms with Gasteiger partial charge < -0.3 is 4.74 Å². The average molecular weight is 384 g/mol. The van der Waals surface area contributed by atoms with Crippen LogP contribution < -0.4 is 9.46 Å². The van der Waals surface area contributed by atoms with Gasteiger partial charge in [0.15, 0.2) is 9.84 Å². The molecule has 1 aromatic heterocycles. The first-order valence-corrected chi connectivity index (χ1v) is 10.5. The molecule has 1 amide bonds. The fourth-order valence-corrected chi connectivity index (χ4v) is 3.67. The molecule has 0 unspecified atom stereocenters. The van der Waals surface area contributed by atoms with Crippen molar-refractivity contribution in [3.05, 3.63) is 48.2 Å². The zero-order valence-electron chi connectivity index (χ0n) is 13.5. The number of sulfonamides is 1. The van der Waals surface area contributed by atoms with Crippen molar-refractivity contribution < 1.29 is 26.4 Å². The third-order valence-electron chi connectivity index (χ3n) is 3.06. The fourth-order valence-electron chi connectivity index (χ4n) is 1.93. The molecule has 134 valence electrons. The van der Waals surface area contributed by atoms with Crippen molar-refractivity contribution in [1.82, 2.24) is 9.71 Å². The van der Waals surface area contributed by atoms with Crippen LogP contribution in [0.5, 0.6) is 5.88 Å². The Balaban J connectivity index is 2.34. The molecular formula is C15H16N2O6S2. The van der Waals surface area contributed by atoms with E-state index in [9.17, 15) is 21.6 Å². The Labute approximate surface area is 145 Å². The molecule has 0 radical (unpaired) electrons. The minimum absolute atomic E-state index is 0.0890. The SMILES string of the molecule is CCOc1ncccc1S(=O)(=O)NC(=O)c1cccc(S(C)(=O)=O)c1. The van der Waals surface area contributed by atoms with Crippen LogP contribution in [0.25, 0.3) is 0 Å². The number of nitrogens with one attached hydrogen (secondary N) is 1. The van der Waals surface area contributed by atoms with Crippen molar-refractivity contribution >= 4 is 25.8 Å². The summed E-state index contributed by atoms with van der Waals surface area (Å²) in [5.41, 5.74) is -0.103. The molecular weight excluding hydrogens is 368 g/mol. The van der Waals surface area contributed by atoms with Gasteiger partial charge in [-0.2, -0.15) is 0 Å². The Morgan fingerprint density at radius 3 is 2.52 bits per heavy atom. The van der Waals surface area contributed by atoms with Crippen molar-refractivity contribution in [3.63, 3.8) is 0 Å². The number of rotatable bonds is 6. The van der Waals surface area contributed by atoms with Gasteiger partial charge in [0.2, 0.25) is 5.88 Å². The second kappa shape index (κ2) is 7.19. The molecule has 10 heteroatoms. The van der Waals surface area contributed by atoms with Gasteiger partial charge in [0, 0.05) is 18.0 Å². The van der Waals surface area contributed by atoms with Gasteiger partial charge in [-0.05, 0) is 37.3 Å². The van der Waals surface area contributed by atoms with E-state index in [-0.39, 0.29) is 27.8 Å². The molecule has 0 aliphatic rings. The Morgan fingerprint density at radius 1 is 1.16 bits per heavy atom. The van der Waals surface area contributed by atoms with Gasteiger partial charge in [-0.25, -0.2) is 26.5 Å². The maximum absolute atomic E-state index is 12.4. The van der Waals surface area contributed by atoms with E-state index in [4.69, 9.17) is 4.74 Å². The van der Waals surface area contributed by atoms with Crippen LogP contribution in [-0.4, -0.2) is 40.6 Å². The largest absolute Gasteiger partial charge is 0.477 e. The molecule has 1 heterocycles. The fraction of sp³-hybridized carbons (Fsp3) is 0.200. The van der Waals surface area contributed by atoms with Crippen LogP contribution in [0.3, 0.4) is 0 Å². The van der Waals surface area contributed by atoms with Crippen molar-refractivity contribution in [2.24, 2.45) is 0 Å². The minimum Gasteiger partial charge on any atom is -0.477 e. The number of benzene rings is 1. The summed E-state index contributed by atoms with van der Waals surface area (Å²) < 4.78 is 55.0. The molecule has 0 atom stereocenters. The zero-order valence-corrected chi connectivity index (χ0v) is 15.1. The molecule has 1 N–H and O–H groups in total. The summed E-state index contributed by atoms with van der Waals surface area (Å²) in [5.74, 6) is -1.09. The van der Waals surface area contributed by atoms with Crippen LogP contribution in [0.4, 0.5) is 0 Å². The predicted molar refractivity (Wildman–Crippen MR) is 89.6 cm³/mol. The Morgan fingerprint density at radius 2 is 1.88 bits per heavy atom. The molecule has 0 aliphatic heterocycles. The molecule has 8 nitrogen and oxygen atoms in total. The summed E-state index contributed by atoms with van der Waals surface area (Å²) in [4.78, 5) is 15.7. The highest BCUT2D eigenvalue weighted by Crippen LogP contribution is 2.20. The summed E-state index contributed by atoms with van der Waals surface area (Å²) >= 11 is 0. The Hall–Kier alpha value is -2.46. The van der Waals surface area contributed by atoms with Crippen LogP contribution in [0.2, 0.25) is 0 Å². The number of pyridine rings is 1. The number of ether oxygens (including phenoxy) is 1. The first-order chi connectivity index (χ1) is 11.6. The van der Waals surface area contributed by atoms with E-state index in [1.807, 2.05) is 4.72 Å². The number of hydrogen-bond donors (Lipinski definition) is 1. The van der Waals surface area contributed by atoms with Crippen molar-refractivity contribution in [3.8, 4) is 5.88 Å². The van der Waals surface area contributed by atoms with Crippen LogP contribution in [0.15, 0.2) is 52.4 Å². The van der Waals surface area contributed by atoms with Crippen molar-refractivity contribution in [2.45, 2.75) is 16.7 Å². The second-order valence-corrected chi connectivity index (χ2v) is 8.64. The number of hydrogen-bond acceptors (Lipinski definition) is 7. The van der Waals surface area contributed by atoms with Crippen molar-refractivity contribution in [1.29, 1.82) is 0 Å². The molecule has 0 saturated carbocycles. The van der Waals surface area contributed by atoms with Gasteiger partial charge in [0.25, 0.3) is 15.9 Å². The molecule has 0 bridgehead atoms. The maximum atomic E-state index is 12.4. The van der Waals surface area contributed by atoms with Crippen molar-refractivity contribution in [2.75, 3.05) is 12.9 Å². The highest BCUT2D eigenvalue weighted by molar-refractivity contribution is 7.90. The van der Waals surface area contributed by atoms with Gasteiger partial charge in [-0.15, -0.1) is 0 Å². The molecule has 0 fully saturated rings. The van der Waals surface area contributed by atoms with Crippen LogP contribution in [0, 0.1) is 0 Å². The van der Waals surface area contributed by atoms with E-state index < -0.39 is 25.8 Å². The highest BCUT2D eigenvalue weighted by Gasteiger charge is 2.24. The summed E-state index contributed by atoms with van der Waals surface area (Å²) in [6.45, 7) is 1.87. The molecule has 2 rings (SSSR count). The van der Waals surface area contributed by atoms with Crippen LogP contribution in [-0.2, 0) is 19.9 Å². The lowest BCUT2D eigenvalue weighted by molar-refractivity contribution is 0.0981. The second-order valence-electron chi connectivity index (χ2n) is 4.97. The van der Waals surface area contributed by atoms with Gasteiger partial charge in [0.05, 0.1) is 11.5 Å². The number of carbonyl (C=O) groups excluding carboxylic acids is 1. The standard InChI is InChI=1S/C15H16N2O6S2/c1-3-23-15-13(8-5-9-16-15)25(21,22)17-14(18)11-6-4-7-12(10-11)24(2,19)20/h4-10H,3H2,1-2H3,(H,17,18). The van der Waals surface area contributed by atoms with Crippen LogP contribution in [0.1, 0.15) is 17.3 Å². The smallest absolute Gasteiger partial charge is 0.269 e. The lowest BCUT2D eigenvalue weighted by Gasteiger charge is -2.11. The number of nitrogens with zero attached hydrogens (tertiary/aromatic N) is 1. The molecule has 0 saturated heterocycles. The number of aromatic nitrogens is 1. The number of sulfone groups is 1. The third-order valence-corrected chi connectivity index (χ3v) is 5.51. The number of amides is 1. The molecule has 1 aromatic carbocycles. The van der Waals surface area contributed by atoms with E-state index in [1.54, 1.807) is 6.92 Å². The minimum atomic E-state index is -4.25. The first kappa shape index (κ1) is 18.9. The Bertz CT molecular complexity index is 1000. The lowest BCUT2D eigenvalue weighted by atomic mass is 10.2. The van der Waals surface area contributed by atoms with Gasteiger partial charge in [0.1, 0.15) is 4.90 Å². The topological polar surface area (TPSA) is 119 Å². The average Bonchev–Trinajstić information content (AvgIpc) is 2.54. The van der Waals surface area contributed by atoms with E-state index in [1.165, 1.54) is 36.5 Å². The normalized spacial score (nSPS) is 11.8. The van der Waals surface area contributed by atoms with Crippen LogP contribution >= 0.6 is 0 Å². The quantitative estimate of drug-likeness (QED) is 0.789. The van der Waals surface area contributed by atoms with Gasteiger partial charge in [-0.3, -0.25) is 4.79 Å². The number of carbonyl (C=O) groups is 1. The van der Waals surface area contributed by atoms with Gasteiger partial charge >= 0.3 is 0 Å². The summed E-state index contributed by atoms with van der Waals surface area (Å²) in [6, 6.07) is 7.73. The Kier molecular flexibility index (Phi) is 5.43. The monoisotopic (exact) mass is 384 g/mol. The predicted octanol–water partition coefficient (Wildman–Crippen LogP) is 1.00. The summed E-state index contributed by atoms with van der Waals surface area (Å²) in [5, 5.41) is 0. The maximum Gasteiger partial charge on any atom is 0.269 e. The zero-order chi connectivity index (χ0) is 18.7. The van der Waals surface area contributed by atoms with E-state index in [0.29, 0.717) is 0 Å². The lowest BCUT2D eigenvalue weighted by Crippen LogP contribution is -2.31. The molecule has 2 aromatic rings. The highest BCUT2D eigenvalue weighted by atomic mass is 32.2. The third kappa shape index (κ3) is 4.54. The van der Waals surface area contributed by atoms with E-state index in [2.05, 4.69) is 4.98 Å². The first-order valence-electron chi connectivity index (χ1n) is 7.10. The van der Waals surface area contributed by atoms with E-state index in [0.717, 1.165) is 12.3 Å². The van der Waals surface area contributed by atoms with E-state index >= 15 is 0 Å². The molecule has 0 aliphatic carbocycles. The summed E-state index contributed by atoms with van der Waals surface area (Å²) in [6.07, 6.45) is 2.35. The summed E-state index contributed by atoms with van der Waals surface area (Å²) in [7, 11) is -7.77. The molecule has 25 heavy (non-hydrogen) atoms. The van der Waals surface area contributed by atoms with Gasteiger partial charge in [-0.1, -0.05) is 6.07 Å².